The average molecular weight is 452 g/mol. The SMILES string of the molecule is c1ccc(N(c2ccccc2)c2cc3sc4c5ccccc5ccc4c3c3ccccc23)cc1. The molecule has 0 saturated heterocycles. The van der Waals surface area contributed by atoms with Gasteiger partial charge in [0.2, 0.25) is 0 Å². The Morgan fingerprint density at radius 3 is 1.76 bits per heavy atom. The molecule has 160 valence electrons. The first-order chi connectivity index (χ1) is 16.9. The van der Waals surface area contributed by atoms with Gasteiger partial charge in [-0.15, -0.1) is 11.3 Å². The summed E-state index contributed by atoms with van der Waals surface area (Å²) in [6, 6.07) is 45.8. The fraction of sp³-hybridized carbons (Fsp3) is 0. The van der Waals surface area contributed by atoms with Crippen molar-refractivity contribution in [2.75, 3.05) is 4.90 Å². The third kappa shape index (κ3) is 2.93. The lowest BCUT2D eigenvalue weighted by molar-refractivity contribution is 1.30. The predicted molar refractivity (Wildman–Crippen MR) is 149 cm³/mol. The van der Waals surface area contributed by atoms with Crippen molar-refractivity contribution >= 4 is 70.1 Å². The van der Waals surface area contributed by atoms with Crippen molar-refractivity contribution in [1.29, 1.82) is 0 Å². The third-order valence-corrected chi connectivity index (χ3v) is 7.80. The highest BCUT2D eigenvalue weighted by molar-refractivity contribution is 7.27. The van der Waals surface area contributed by atoms with Crippen LogP contribution < -0.4 is 4.90 Å². The molecule has 1 nitrogen and oxygen atoms in total. The van der Waals surface area contributed by atoms with Crippen molar-refractivity contribution in [2.45, 2.75) is 0 Å². The molecular formula is C32H21NS. The molecule has 0 aliphatic heterocycles. The summed E-state index contributed by atoms with van der Waals surface area (Å²) in [7, 11) is 0. The average Bonchev–Trinajstić information content (AvgIpc) is 3.29. The number of thiophene rings is 1. The fourth-order valence-electron chi connectivity index (χ4n) is 5.12. The van der Waals surface area contributed by atoms with E-state index >= 15 is 0 Å². The van der Waals surface area contributed by atoms with E-state index in [2.05, 4.69) is 132 Å². The maximum atomic E-state index is 2.39. The lowest BCUT2D eigenvalue weighted by Gasteiger charge is -2.27. The highest BCUT2D eigenvalue weighted by atomic mass is 32.1. The molecule has 1 aromatic heterocycles. The lowest BCUT2D eigenvalue weighted by Crippen LogP contribution is -2.10. The van der Waals surface area contributed by atoms with E-state index in [4.69, 9.17) is 0 Å². The summed E-state index contributed by atoms with van der Waals surface area (Å²) in [6.07, 6.45) is 0. The molecule has 0 atom stereocenters. The molecule has 6 aromatic carbocycles. The first-order valence-corrected chi connectivity index (χ1v) is 12.4. The first-order valence-electron chi connectivity index (χ1n) is 11.5. The van der Waals surface area contributed by atoms with Crippen molar-refractivity contribution in [3.63, 3.8) is 0 Å². The van der Waals surface area contributed by atoms with Crippen LogP contribution in [0.15, 0.2) is 127 Å². The summed E-state index contributed by atoms with van der Waals surface area (Å²) in [5.41, 5.74) is 3.52. The smallest absolute Gasteiger partial charge is 0.0554 e. The van der Waals surface area contributed by atoms with Crippen LogP contribution in [0.4, 0.5) is 17.1 Å². The second kappa shape index (κ2) is 7.72. The van der Waals surface area contributed by atoms with E-state index in [0.29, 0.717) is 0 Å². The fourth-order valence-corrected chi connectivity index (χ4v) is 6.40. The van der Waals surface area contributed by atoms with Crippen LogP contribution in [0, 0.1) is 0 Å². The number of hydrogen-bond donors (Lipinski definition) is 0. The van der Waals surface area contributed by atoms with Crippen molar-refractivity contribution in [2.24, 2.45) is 0 Å². The van der Waals surface area contributed by atoms with Gasteiger partial charge in [0.15, 0.2) is 0 Å². The molecule has 1 heterocycles. The molecule has 0 N–H and O–H groups in total. The normalized spacial score (nSPS) is 11.5. The molecule has 0 saturated carbocycles. The molecule has 0 aliphatic carbocycles. The van der Waals surface area contributed by atoms with Gasteiger partial charge >= 0.3 is 0 Å². The number of fused-ring (bicyclic) bond motifs is 7. The van der Waals surface area contributed by atoms with E-state index in [9.17, 15) is 0 Å². The zero-order valence-electron chi connectivity index (χ0n) is 18.5. The minimum absolute atomic E-state index is 1.16. The molecule has 0 radical (unpaired) electrons. The van der Waals surface area contributed by atoms with Crippen LogP contribution in [0.25, 0.3) is 41.7 Å². The zero-order chi connectivity index (χ0) is 22.5. The minimum Gasteiger partial charge on any atom is -0.310 e. The summed E-state index contributed by atoms with van der Waals surface area (Å²) in [5, 5.41) is 7.87. The Labute approximate surface area is 202 Å². The van der Waals surface area contributed by atoms with Gasteiger partial charge in [-0.25, -0.2) is 0 Å². The van der Waals surface area contributed by atoms with E-state index in [1.807, 2.05) is 11.3 Å². The molecule has 7 rings (SSSR count). The molecular weight excluding hydrogens is 430 g/mol. The second-order valence-electron chi connectivity index (χ2n) is 8.59. The Bertz CT molecular complexity index is 1760. The van der Waals surface area contributed by atoms with E-state index in [1.165, 1.54) is 47.4 Å². The van der Waals surface area contributed by atoms with Gasteiger partial charge in [-0.1, -0.05) is 97.1 Å². The summed E-state index contributed by atoms with van der Waals surface area (Å²) < 4.78 is 2.68. The Morgan fingerprint density at radius 1 is 0.471 bits per heavy atom. The summed E-state index contributed by atoms with van der Waals surface area (Å²) in [4.78, 5) is 2.38. The van der Waals surface area contributed by atoms with Crippen molar-refractivity contribution in [3.8, 4) is 0 Å². The van der Waals surface area contributed by atoms with Gasteiger partial charge in [0.1, 0.15) is 0 Å². The van der Waals surface area contributed by atoms with Crippen LogP contribution >= 0.6 is 11.3 Å². The second-order valence-corrected chi connectivity index (χ2v) is 9.64. The molecule has 2 heteroatoms. The quantitative estimate of drug-likeness (QED) is 0.258. The summed E-state index contributed by atoms with van der Waals surface area (Å²) in [5.74, 6) is 0. The number of para-hydroxylation sites is 2. The number of anilines is 3. The first kappa shape index (κ1) is 19.3. The van der Waals surface area contributed by atoms with Crippen LogP contribution in [-0.2, 0) is 0 Å². The van der Waals surface area contributed by atoms with Crippen LogP contribution in [0.2, 0.25) is 0 Å². The zero-order valence-corrected chi connectivity index (χ0v) is 19.3. The van der Waals surface area contributed by atoms with Gasteiger partial charge in [0.25, 0.3) is 0 Å². The number of hydrogen-bond acceptors (Lipinski definition) is 2. The molecule has 0 amide bonds. The van der Waals surface area contributed by atoms with Gasteiger partial charge in [-0.2, -0.15) is 0 Å². The van der Waals surface area contributed by atoms with Gasteiger partial charge in [0.05, 0.1) is 5.69 Å². The van der Waals surface area contributed by atoms with Crippen molar-refractivity contribution in [1.82, 2.24) is 0 Å². The van der Waals surface area contributed by atoms with E-state index in [-0.39, 0.29) is 0 Å². The van der Waals surface area contributed by atoms with Gasteiger partial charge < -0.3 is 4.90 Å². The van der Waals surface area contributed by atoms with Crippen LogP contribution in [0.5, 0.6) is 0 Å². The highest BCUT2D eigenvalue weighted by Gasteiger charge is 2.19. The Morgan fingerprint density at radius 2 is 1.06 bits per heavy atom. The molecule has 0 fully saturated rings. The number of nitrogens with zero attached hydrogens (tertiary/aromatic N) is 1. The third-order valence-electron chi connectivity index (χ3n) is 6.62. The van der Waals surface area contributed by atoms with E-state index < -0.39 is 0 Å². The predicted octanol–water partition coefficient (Wildman–Crippen LogP) is 9.83. The summed E-state index contributed by atoms with van der Waals surface area (Å²) in [6.45, 7) is 0. The Balaban J connectivity index is 1.62. The maximum absolute atomic E-state index is 2.39. The standard InChI is InChI=1S/C32H21NS/c1-3-12-23(13-4-1)33(24-14-5-2-6-15-24)29-21-30-31(27-18-10-9-17-26(27)29)28-20-19-22-11-7-8-16-25(22)32(28)34-30/h1-21H. The molecule has 7 aromatic rings. The van der Waals surface area contributed by atoms with Crippen molar-refractivity contribution in [3.05, 3.63) is 127 Å². The van der Waals surface area contributed by atoms with E-state index in [0.717, 1.165) is 11.4 Å². The Hall–Kier alpha value is -4.14. The number of rotatable bonds is 3. The molecule has 34 heavy (non-hydrogen) atoms. The van der Waals surface area contributed by atoms with Gasteiger partial charge in [-0.3, -0.25) is 0 Å². The van der Waals surface area contributed by atoms with E-state index in [1.54, 1.807) is 0 Å². The largest absolute Gasteiger partial charge is 0.310 e. The van der Waals surface area contributed by atoms with Crippen LogP contribution in [0.3, 0.4) is 0 Å². The molecule has 0 aliphatic rings. The van der Waals surface area contributed by atoms with Gasteiger partial charge in [-0.05, 0) is 46.5 Å². The highest BCUT2D eigenvalue weighted by Crippen LogP contribution is 2.47. The Kier molecular flexibility index (Phi) is 4.39. The number of benzene rings is 6. The van der Waals surface area contributed by atoms with Crippen LogP contribution in [0.1, 0.15) is 0 Å². The summed E-state index contributed by atoms with van der Waals surface area (Å²) >= 11 is 1.90. The van der Waals surface area contributed by atoms with Crippen LogP contribution in [-0.4, -0.2) is 0 Å². The van der Waals surface area contributed by atoms with Gasteiger partial charge in [0, 0.05) is 36.9 Å². The topological polar surface area (TPSA) is 3.24 Å². The molecule has 0 unspecified atom stereocenters. The molecule has 0 bridgehead atoms. The molecule has 0 spiro atoms. The maximum Gasteiger partial charge on any atom is 0.0554 e. The van der Waals surface area contributed by atoms with Crippen molar-refractivity contribution < 1.29 is 0 Å². The lowest BCUT2D eigenvalue weighted by atomic mass is 9.99. The monoisotopic (exact) mass is 451 g/mol. The minimum atomic E-state index is 1.16.